The van der Waals surface area contributed by atoms with Gasteiger partial charge in [-0.25, -0.2) is 4.79 Å². The summed E-state index contributed by atoms with van der Waals surface area (Å²) < 4.78 is 11.4. The molecule has 0 heterocycles. The Morgan fingerprint density at radius 3 is 1.75 bits per heavy atom. The second kappa shape index (κ2) is 9.21. The lowest BCUT2D eigenvalue weighted by atomic mass is 9.83. The van der Waals surface area contributed by atoms with Crippen LogP contribution in [-0.2, 0) is 9.47 Å². The van der Waals surface area contributed by atoms with Gasteiger partial charge in [0.15, 0.2) is 5.78 Å². The zero-order valence-corrected chi connectivity index (χ0v) is 18.3. The van der Waals surface area contributed by atoms with E-state index in [9.17, 15) is 9.59 Å². The first kappa shape index (κ1) is 22.6. The van der Waals surface area contributed by atoms with Crippen molar-refractivity contribution >= 4 is 11.8 Å². The van der Waals surface area contributed by atoms with Crippen LogP contribution in [0.25, 0.3) is 0 Å². The number of rotatable bonds is 6. The van der Waals surface area contributed by atoms with Crippen molar-refractivity contribution in [1.82, 2.24) is 0 Å². The third-order valence-corrected chi connectivity index (χ3v) is 5.23. The van der Waals surface area contributed by atoms with Crippen molar-refractivity contribution < 1.29 is 19.1 Å². The summed E-state index contributed by atoms with van der Waals surface area (Å²) in [7, 11) is 0. The normalized spacial score (nSPS) is 20.6. The molecular formula is C24H36O4. The average molecular weight is 389 g/mol. The highest BCUT2D eigenvalue weighted by molar-refractivity contribution is 6.00. The summed E-state index contributed by atoms with van der Waals surface area (Å²) in [6, 6.07) is 6.79. The maximum Gasteiger partial charge on any atom is 0.338 e. The van der Waals surface area contributed by atoms with Crippen molar-refractivity contribution in [2.45, 2.75) is 72.8 Å². The van der Waals surface area contributed by atoms with E-state index in [1.807, 2.05) is 20.8 Å². The summed E-state index contributed by atoms with van der Waals surface area (Å²) in [5.74, 6) is 0.795. The summed E-state index contributed by atoms with van der Waals surface area (Å²) in [5, 5.41) is 0. The lowest BCUT2D eigenvalue weighted by Gasteiger charge is -2.30. The predicted molar refractivity (Wildman–Crippen MR) is 112 cm³/mol. The summed E-state index contributed by atoms with van der Waals surface area (Å²) in [6.45, 7) is 13.2. The molecule has 0 saturated heterocycles. The van der Waals surface area contributed by atoms with Crippen LogP contribution < -0.4 is 0 Å². The van der Waals surface area contributed by atoms with Crippen LogP contribution in [0.15, 0.2) is 24.3 Å². The van der Waals surface area contributed by atoms with E-state index in [1.54, 1.807) is 24.3 Å². The number of hydrogen-bond acceptors (Lipinski definition) is 4. The number of Topliss-reactive ketones (excluding diaryl/α,β-unsaturated/α-hetero) is 1. The first-order valence-electron chi connectivity index (χ1n) is 10.4. The van der Waals surface area contributed by atoms with Crippen molar-refractivity contribution in [1.29, 1.82) is 0 Å². The topological polar surface area (TPSA) is 52.6 Å². The molecule has 0 spiro atoms. The number of hydrogen-bond donors (Lipinski definition) is 0. The molecule has 1 aromatic rings. The maximum absolute atomic E-state index is 12.3. The molecule has 1 saturated carbocycles. The SMILES string of the molecule is CC(C)(C)OCC1CCC(COC(=O)c2ccc(C(=O)C(C)(C)C)cc2)CC1. The molecule has 0 aromatic heterocycles. The van der Waals surface area contributed by atoms with Crippen LogP contribution in [0.4, 0.5) is 0 Å². The van der Waals surface area contributed by atoms with E-state index in [0.29, 0.717) is 29.6 Å². The van der Waals surface area contributed by atoms with Gasteiger partial charge in [0.2, 0.25) is 0 Å². The summed E-state index contributed by atoms with van der Waals surface area (Å²) in [5.41, 5.74) is 0.607. The van der Waals surface area contributed by atoms with Crippen LogP contribution in [0.1, 0.15) is 87.9 Å². The first-order valence-corrected chi connectivity index (χ1v) is 10.4. The third kappa shape index (κ3) is 7.05. The highest BCUT2D eigenvalue weighted by Crippen LogP contribution is 2.30. The molecule has 4 nitrogen and oxygen atoms in total. The van der Waals surface area contributed by atoms with Crippen LogP contribution in [0, 0.1) is 17.3 Å². The molecule has 1 aromatic carbocycles. The number of carbonyl (C=O) groups is 2. The van der Waals surface area contributed by atoms with Gasteiger partial charge in [0.25, 0.3) is 0 Å². The molecule has 28 heavy (non-hydrogen) atoms. The molecule has 0 amide bonds. The van der Waals surface area contributed by atoms with Crippen molar-refractivity contribution in [3.63, 3.8) is 0 Å². The minimum Gasteiger partial charge on any atom is -0.462 e. The van der Waals surface area contributed by atoms with E-state index in [0.717, 1.165) is 32.3 Å². The Morgan fingerprint density at radius 1 is 0.821 bits per heavy atom. The Kier molecular flexibility index (Phi) is 7.44. The van der Waals surface area contributed by atoms with Crippen molar-refractivity contribution in [2.75, 3.05) is 13.2 Å². The van der Waals surface area contributed by atoms with Crippen LogP contribution in [0.3, 0.4) is 0 Å². The lowest BCUT2D eigenvalue weighted by molar-refractivity contribution is -0.0322. The minimum atomic E-state index is -0.432. The Labute approximate surface area is 170 Å². The summed E-state index contributed by atoms with van der Waals surface area (Å²) >= 11 is 0. The average Bonchev–Trinajstić information content (AvgIpc) is 2.63. The number of benzene rings is 1. The molecule has 0 unspecified atom stereocenters. The van der Waals surface area contributed by atoms with Gasteiger partial charge in [-0.3, -0.25) is 4.79 Å². The molecule has 0 aliphatic heterocycles. The predicted octanol–water partition coefficient (Wildman–Crippen LogP) is 5.69. The first-order chi connectivity index (χ1) is 13.0. The molecule has 0 atom stereocenters. The van der Waals surface area contributed by atoms with Crippen LogP contribution >= 0.6 is 0 Å². The molecule has 1 fully saturated rings. The van der Waals surface area contributed by atoms with Gasteiger partial charge in [-0.15, -0.1) is 0 Å². The van der Waals surface area contributed by atoms with Gasteiger partial charge in [0.05, 0.1) is 24.4 Å². The fraction of sp³-hybridized carbons (Fsp3) is 0.667. The van der Waals surface area contributed by atoms with E-state index in [1.165, 1.54) is 0 Å². The monoisotopic (exact) mass is 388 g/mol. The van der Waals surface area contributed by atoms with E-state index in [2.05, 4.69) is 20.8 Å². The minimum absolute atomic E-state index is 0.0691. The van der Waals surface area contributed by atoms with Gasteiger partial charge in [-0.2, -0.15) is 0 Å². The standard InChI is InChI=1S/C24H36O4/c1-23(2,3)21(25)19-11-13-20(14-12-19)22(26)27-15-17-7-9-18(10-8-17)16-28-24(4,5)6/h11-14,17-18H,7-10,15-16H2,1-6H3. The largest absolute Gasteiger partial charge is 0.462 e. The fourth-order valence-corrected chi connectivity index (χ4v) is 3.40. The second-order valence-electron chi connectivity index (χ2n) is 10.1. The molecule has 4 heteroatoms. The van der Waals surface area contributed by atoms with E-state index >= 15 is 0 Å². The van der Waals surface area contributed by atoms with Crippen molar-refractivity contribution in [2.24, 2.45) is 17.3 Å². The second-order valence-corrected chi connectivity index (χ2v) is 10.1. The van der Waals surface area contributed by atoms with E-state index < -0.39 is 5.41 Å². The molecule has 1 aliphatic carbocycles. The Bertz CT molecular complexity index is 653. The van der Waals surface area contributed by atoms with Gasteiger partial charge in [0, 0.05) is 11.0 Å². The zero-order valence-electron chi connectivity index (χ0n) is 18.3. The Morgan fingerprint density at radius 2 is 1.29 bits per heavy atom. The van der Waals surface area contributed by atoms with Crippen LogP contribution in [0.5, 0.6) is 0 Å². The number of ketones is 1. The van der Waals surface area contributed by atoms with Gasteiger partial charge in [0.1, 0.15) is 0 Å². The van der Waals surface area contributed by atoms with E-state index in [4.69, 9.17) is 9.47 Å². The molecule has 2 rings (SSSR count). The number of esters is 1. The van der Waals surface area contributed by atoms with Crippen molar-refractivity contribution in [3.05, 3.63) is 35.4 Å². The van der Waals surface area contributed by atoms with E-state index in [-0.39, 0.29) is 17.4 Å². The zero-order chi connectivity index (χ0) is 20.9. The molecule has 0 N–H and O–H groups in total. The fourth-order valence-electron chi connectivity index (χ4n) is 3.40. The van der Waals surface area contributed by atoms with Gasteiger partial charge in [-0.1, -0.05) is 32.9 Å². The molecule has 0 radical (unpaired) electrons. The Balaban J connectivity index is 1.76. The third-order valence-electron chi connectivity index (χ3n) is 5.23. The molecule has 0 bridgehead atoms. The molecular weight excluding hydrogens is 352 g/mol. The quantitative estimate of drug-likeness (QED) is 0.464. The molecule has 156 valence electrons. The van der Waals surface area contributed by atoms with Gasteiger partial charge < -0.3 is 9.47 Å². The highest BCUT2D eigenvalue weighted by Gasteiger charge is 2.25. The van der Waals surface area contributed by atoms with Gasteiger partial charge >= 0.3 is 5.97 Å². The van der Waals surface area contributed by atoms with Gasteiger partial charge in [-0.05, 0) is 70.4 Å². The van der Waals surface area contributed by atoms with Crippen LogP contribution in [0.2, 0.25) is 0 Å². The number of carbonyl (C=O) groups excluding carboxylic acids is 2. The van der Waals surface area contributed by atoms with Crippen LogP contribution in [-0.4, -0.2) is 30.6 Å². The number of ether oxygens (including phenoxy) is 2. The molecule has 1 aliphatic rings. The smallest absolute Gasteiger partial charge is 0.338 e. The summed E-state index contributed by atoms with van der Waals surface area (Å²) in [6.07, 6.45) is 4.40. The van der Waals surface area contributed by atoms with Crippen molar-refractivity contribution in [3.8, 4) is 0 Å². The maximum atomic E-state index is 12.3. The highest BCUT2D eigenvalue weighted by atomic mass is 16.5. The lowest BCUT2D eigenvalue weighted by Crippen LogP contribution is -2.27. The Hall–Kier alpha value is -1.68. The summed E-state index contributed by atoms with van der Waals surface area (Å²) in [4.78, 5) is 24.6.